The maximum Gasteiger partial charge on any atom is 0.246 e. The number of ether oxygens (including phenoxy) is 2. The number of H-pyrrole nitrogens is 2. The molecule has 0 spiro atoms. The number of para-hydroxylation sites is 1. The monoisotopic (exact) mass is 1900 g/mol. The molecule has 2 saturated heterocycles. The number of aryl methyl sites for hydroxylation is 1. The van der Waals surface area contributed by atoms with E-state index in [9.17, 15) is 72.9 Å². The molecule has 2 fully saturated rings. The summed E-state index contributed by atoms with van der Waals surface area (Å²) in [5, 5.41) is 89.3. The second-order valence-corrected chi connectivity index (χ2v) is 35.5. The van der Waals surface area contributed by atoms with Gasteiger partial charge in [0, 0.05) is 113 Å². The predicted octanol–water partition coefficient (Wildman–Crippen LogP) is -0.248. The third kappa shape index (κ3) is 41.2. The number of hydrogen-bond donors (Lipinski definition) is 20. The quantitative estimate of drug-likeness (QED) is 0.0154. The largest absolute Gasteiger partial charge is 0.394 e. The summed E-state index contributed by atoms with van der Waals surface area (Å²) in [7, 11) is 3.18. The van der Waals surface area contributed by atoms with Crippen LogP contribution in [0, 0.1) is 11.3 Å². The summed E-state index contributed by atoms with van der Waals surface area (Å²) >= 11 is 0. The van der Waals surface area contributed by atoms with Crippen LogP contribution in [0.4, 0.5) is 0 Å². The Kier molecular flexibility index (Phi) is 49.9. The first-order chi connectivity index (χ1) is 65.4. The molecule has 136 heavy (non-hydrogen) atoms. The molecule has 12 atom stereocenters. The molecule has 0 radical (unpaired) electrons. The number of amides is 13. The molecule has 43 nitrogen and oxygen atoms in total. The number of likely N-dealkylation sites (N-methyl/N-ethyl adjacent to an activating group) is 1. The van der Waals surface area contributed by atoms with Crippen LogP contribution in [0.1, 0.15) is 211 Å². The van der Waals surface area contributed by atoms with Gasteiger partial charge in [0.1, 0.15) is 78.6 Å². The minimum atomic E-state index is -1.87. The average Bonchev–Trinajstić information content (AvgIpc) is 1.67. The van der Waals surface area contributed by atoms with Crippen molar-refractivity contribution in [3.05, 3.63) is 89.5 Å². The van der Waals surface area contributed by atoms with Crippen molar-refractivity contribution in [3.8, 4) is 0 Å². The van der Waals surface area contributed by atoms with Crippen LogP contribution in [0.5, 0.6) is 0 Å². The van der Waals surface area contributed by atoms with E-state index in [1.165, 1.54) is 64.5 Å². The Bertz CT molecular complexity index is 4570. The number of rotatable bonds is 54. The molecule has 4 aromatic rings. The van der Waals surface area contributed by atoms with E-state index in [2.05, 4.69) is 99.7 Å². The number of hydrogen-bond acceptors (Lipinski definition) is 26. The van der Waals surface area contributed by atoms with Gasteiger partial charge in [0.15, 0.2) is 11.7 Å². The van der Waals surface area contributed by atoms with Crippen molar-refractivity contribution in [2.45, 2.75) is 286 Å². The number of nitrogens with two attached hydrogens (primary N) is 1. The van der Waals surface area contributed by atoms with E-state index in [0.717, 1.165) is 60.2 Å². The van der Waals surface area contributed by atoms with Gasteiger partial charge in [0.25, 0.3) is 0 Å². The van der Waals surface area contributed by atoms with Gasteiger partial charge in [-0.3, -0.25) is 82.3 Å². The van der Waals surface area contributed by atoms with Crippen LogP contribution >= 0.6 is 0 Å². The number of benzene rings is 2. The van der Waals surface area contributed by atoms with Gasteiger partial charge in [0.05, 0.1) is 51.7 Å². The van der Waals surface area contributed by atoms with E-state index in [1.807, 2.05) is 24.3 Å². The zero-order chi connectivity index (χ0) is 98.7. The fourth-order valence-corrected chi connectivity index (χ4v) is 16.1. The number of aromatic nitrogens is 5. The maximum atomic E-state index is 15.4. The number of tetrazole rings is 1. The van der Waals surface area contributed by atoms with E-state index in [0.29, 0.717) is 49.1 Å². The molecule has 7 rings (SSSR count). The molecule has 5 heterocycles. The number of guanidine groups is 1. The number of allylic oxidation sites excluding steroid dienone is 1. The SMILES string of the molecule is CC(=O)[C@@H]1CCCCCC(=O)CC[C@H](NC(=O)[C@H](CC(C)C)NC(=O)[C@H](CO)NC(=O)[C@H](CC2=CCC=N2)NC(=O)[C@H](CO)NC(=O)[C@H](CN(C)C)NC(=O)CNC(=O)COCCOCCNC(=O)CCCCCCCCCCCCCCCc2nnn[nH]2)C(=O)N2C[C@H](O)C[C@H]2C(=O)N[C@H](Cc2ccccc2)C(=O)N[C@@H](CCCNC(=N)N)C(=O)N[C@@H](Cc2c[nH]c3ccccc23)C(=O)N1. The molecule has 21 N–H and O–H groups in total. The lowest BCUT2D eigenvalue weighted by Gasteiger charge is -2.31. The third-order valence-corrected chi connectivity index (χ3v) is 23.5. The molecule has 3 aliphatic rings. The summed E-state index contributed by atoms with van der Waals surface area (Å²) in [5.41, 5.74) is 7.82. The standard InChI is InChI=1S/C93H143N23O20/c1-59(2)47-71(84(126)104-70-40-39-64(120)32-21-18-22-34-67(60(3)119)102-86(128)73(49-62-52-99-68-35-26-25-33-66(62)68)106-83(125)69(36-28-42-98-93(94)95)103-85(127)72(48-61-29-19-17-20-30-61)108-91(133)78-51-65(121)54-116(78)92(70)134)105-89(131)76(56-117)109-87(129)74(50-63-31-27-41-96-63)107-90(132)77(57-118)110-88(130)75(55-115(4)5)101-81(123)53-100-82(124)58-136-46-45-135-44-43-97-80(122)38-24-16-14-12-10-8-6-7-9-11-13-15-23-37-79-111-113-114-112-79/h17,19-20,25-26,29-31,33,35,41,52,59,65,67,69-78,99,117-118,121H,6-16,18,21-24,27-28,32,34,36-40,42-51,53-58H2,1-5H3,(H,97,122)(H,100,124)(H,101,123)(H,102,128)(H,103,127)(H,104,126)(H,105,131)(H,106,125)(H,107,132)(H,108,133)(H,109,129)(H,110,130)(H4,94,95,98)(H,111,112,113,114)/t65-,67+,69+,70+,71+,72-,73+,74+,75+,76+,77+,78+/m1/s1. The maximum absolute atomic E-state index is 15.4. The molecule has 750 valence electrons. The van der Waals surface area contributed by atoms with Gasteiger partial charge in [-0.25, -0.2) is 5.10 Å². The van der Waals surface area contributed by atoms with E-state index in [-0.39, 0.29) is 121 Å². The Balaban J connectivity index is 0.941. The van der Waals surface area contributed by atoms with Gasteiger partial charge < -0.3 is 114 Å². The van der Waals surface area contributed by atoms with Crippen LogP contribution in [-0.2, 0) is 101 Å². The van der Waals surface area contributed by atoms with Gasteiger partial charge >= 0.3 is 0 Å². The molecule has 0 saturated carbocycles. The zero-order valence-electron chi connectivity index (χ0n) is 79.0. The van der Waals surface area contributed by atoms with E-state index in [1.54, 1.807) is 75.4 Å². The van der Waals surface area contributed by atoms with Gasteiger partial charge in [0.2, 0.25) is 76.8 Å². The van der Waals surface area contributed by atoms with Crippen LogP contribution in [0.25, 0.3) is 10.9 Å². The number of carbonyl (C=O) groups excluding carboxylic acids is 15. The van der Waals surface area contributed by atoms with Gasteiger partial charge in [-0.1, -0.05) is 152 Å². The molecule has 3 aliphatic heterocycles. The molecular formula is C93H143N23O20. The Morgan fingerprint density at radius 1 is 0.618 bits per heavy atom. The molecule has 0 unspecified atom stereocenters. The van der Waals surface area contributed by atoms with Gasteiger partial charge in [-0.05, 0) is 106 Å². The number of aliphatic hydroxyl groups excluding tert-OH is 3. The lowest BCUT2D eigenvalue weighted by atomic mass is 9.99. The van der Waals surface area contributed by atoms with Gasteiger partial charge in [-0.15, -0.1) is 5.10 Å². The fourth-order valence-electron chi connectivity index (χ4n) is 16.1. The lowest BCUT2D eigenvalue weighted by molar-refractivity contribution is -0.143. The highest BCUT2D eigenvalue weighted by molar-refractivity contribution is 6.01. The second kappa shape index (κ2) is 61.1. The summed E-state index contributed by atoms with van der Waals surface area (Å²) in [4.78, 5) is 223. The number of aromatic amines is 2. The van der Waals surface area contributed by atoms with Crippen molar-refractivity contribution in [1.82, 2.24) is 105 Å². The lowest BCUT2D eigenvalue weighted by Crippen LogP contribution is -2.61. The van der Waals surface area contributed by atoms with E-state index in [4.69, 9.17) is 20.6 Å². The number of Topliss-reactive ketones (excluding diaryl/α,β-unsaturated/α-hetero) is 2. The number of ketones is 2. The summed E-state index contributed by atoms with van der Waals surface area (Å²) in [6, 6.07) is -0.987. The normalized spacial score (nSPS) is 19.4. The predicted molar refractivity (Wildman–Crippen MR) is 503 cm³/mol. The van der Waals surface area contributed by atoms with Crippen LogP contribution in [-0.4, -0.2) is 310 Å². The average molecular weight is 1900 g/mol. The highest BCUT2D eigenvalue weighted by atomic mass is 16.5. The highest BCUT2D eigenvalue weighted by Crippen LogP contribution is 2.25. The minimum Gasteiger partial charge on any atom is -0.394 e. The first kappa shape index (κ1) is 111. The number of aliphatic imine (C=N–C) groups is 1. The Morgan fingerprint density at radius 2 is 1.23 bits per heavy atom. The van der Waals surface area contributed by atoms with Crippen molar-refractivity contribution >= 4 is 111 Å². The summed E-state index contributed by atoms with van der Waals surface area (Å²) in [6.45, 7) is 1.63. The number of carbonyl (C=O) groups is 15. The molecular weight excluding hydrogens is 1760 g/mol. The Hall–Kier alpha value is -12.1. The van der Waals surface area contributed by atoms with Crippen molar-refractivity contribution < 1.29 is 96.7 Å². The number of nitrogens with zero attached hydrogens (tertiary/aromatic N) is 6. The van der Waals surface area contributed by atoms with E-state index >= 15 is 14.4 Å². The third-order valence-electron chi connectivity index (χ3n) is 23.5. The Morgan fingerprint density at radius 3 is 1.88 bits per heavy atom. The second-order valence-electron chi connectivity index (χ2n) is 35.5. The molecule has 2 aromatic heterocycles. The topological polar surface area (TPSA) is 631 Å². The molecule has 43 heteroatoms. The molecule has 0 aliphatic carbocycles. The van der Waals surface area contributed by atoms with Gasteiger partial charge in [-0.2, -0.15) is 0 Å². The van der Waals surface area contributed by atoms with Crippen molar-refractivity contribution in [2.75, 3.05) is 86.5 Å². The molecule has 13 amide bonds. The van der Waals surface area contributed by atoms with Crippen LogP contribution in [0.3, 0.4) is 0 Å². The highest BCUT2D eigenvalue weighted by Gasteiger charge is 2.44. The van der Waals surface area contributed by atoms with E-state index < -0.39 is 194 Å². The first-order valence-corrected chi connectivity index (χ1v) is 47.6. The number of unbranched alkanes of at least 4 members (excludes halogenated alkanes) is 12. The van der Waals surface area contributed by atoms with Crippen molar-refractivity contribution in [3.63, 3.8) is 0 Å². The minimum absolute atomic E-state index is 0.0236. The molecule has 0 bridgehead atoms. The number of nitrogens with one attached hydrogen (secondary N) is 16. The Labute approximate surface area is 793 Å². The smallest absolute Gasteiger partial charge is 0.246 e. The first-order valence-electron chi connectivity index (χ1n) is 47.6. The fraction of sp³-hybridized carbons (Fsp3) is 0.634. The van der Waals surface area contributed by atoms with Crippen molar-refractivity contribution in [1.29, 1.82) is 5.41 Å². The van der Waals surface area contributed by atoms with Crippen LogP contribution in [0.2, 0.25) is 0 Å². The van der Waals surface area contributed by atoms with Crippen LogP contribution in [0.15, 0.2) is 77.6 Å². The van der Waals surface area contributed by atoms with Crippen molar-refractivity contribution in [2.24, 2.45) is 16.6 Å². The summed E-state index contributed by atoms with van der Waals surface area (Å²) in [5.74, 6) is -11.9. The summed E-state index contributed by atoms with van der Waals surface area (Å²) < 4.78 is 10.9. The number of fused-ring (bicyclic) bond motifs is 2. The van der Waals surface area contributed by atoms with Crippen LogP contribution < -0.4 is 74.9 Å². The molecule has 2 aromatic carbocycles. The zero-order valence-corrected chi connectivity index (χ0v) is 79.0. The summed E-state index contributed by atoms with van der Waals surface area (Å²) in [6.07, 6.45) is 19.4. The number of aliphatic hydroxyl groups is 3.